The van der Waals surface area contributed by atoms with Crippen molar-refractivity contribution in [3.8, 4) is 0 Å². The van der Waals surface area contributed by atoms with Crippen molar-refractivity contribution in [3.05, 3.63) is 45.9 Å². The summed E-state index contributed by atoms with van der Waals surface area (Å²) in [5.74, 6) is 0.797. The van der Waals surface area contributed by atoms with Gasteiger partial charge in [0.15, 0.2) is 5.96 Å². The molecular weight excluding hydrogens is 354 g/mol. The summed E-state index contributed by atoms with van der Waals surface area (Å²) in [5, 5.41) is 7.77. The lowest BCUT2D eigenvalue weighted by Crippen LogP contribution is -2.36. The fraction of sp³-hybridized carbons (Fsp3) is 0.524. The number of rotatable bonds is 6. The summed E-state index contributed by atoms with van der Waals surface area (Å²) in [7, 11) is 4.03. The minimum absolute atomic E-state index is 0.695. The summed E-state index contributed by atoms with van der Waals surface area (Å²) in [6.07, 6.45) is 8.67. The zero-order chi connectivity index (χ0) is 19.1. The molecule has 1 heterocycles. The number of thiazole rings is 1. The Kier molecular flexibility index (Phi) is 7.10. The van der Waals surface area contributed by atoms with Crippen LogP contribution in [0.1, 0.15) is 47.6 Å². The fourth-order valence-corrected chi connectivity index (χ4v) is 4.30. The average Bonchev–Trinajstić information content (AvgIpc) is 3.14. The van der Waals surface area contributed by atoms with Gasteiger partial charge in [-0.25, -0.2) is 4.98 Å². The molecule has 2 N–H and O–H groups in total. The summed E-state index contributed by atoms with van der Waals surface area (Å²) >= 11 is 1.71. The number of hydrogen-bond donors (Lipinski definition) is 2. The van der Waals surface area contributed by atoms with E-state index in [-0.39, 0.29) is 0 Å². The molecule has 5 nitrogen and oxygen atoms in total. The smallest absolute Gasteiger partial charge is 0.191 e. The molecule has 0 atom stereocenters. The highest BCUT2D eigenvalue weighted by Crippen LogP contribution is 2.26. The minimum atomic E-state index is 0.695. The van der Waals surface area contributed by atoms with Crippen molar-refractivity contribution in [1.29, 1.82) is 0 Å². The summed E-state index contributed by atoms with van der Waals surface area (Å²) in [6, 6.07) is 9.58. The van der Waals surface area contributed by atoms with Gasteiger partial charge in [-0.2, -0.15) is 0 Å². The van der Waals surface area contributed by atoms with Gasteiger partial charge in [0.2, 0.25) is 0 Å². The Balaban J connectivity index is 1.48. The second-order valence-electron chi connectivity index (χ2n) is 7.21. The predicted octanol–water partition coefficient (Wildman–Crippen LogP) is 4.09. The van der Waals surface area contributed by atoms with Crippen LogP contribution in [0.15, 0.2) is 35.5 Å². The number of hydrogen-bond acceptors (Lipinski definition) is 4. The van der Waals surface area contributed by atoms with E-state index in [1.54, 1.807) is 18.4 Å². The van der Waals surface area contributed by atoms with E-state index < -0.39 is 0 Å². The maximum Gasteiger partial charge on any atom is 0.191 e. The third-order valence-corrected chi connectivity index (χ3v) is 6.14. The highest BCUT2D eigenvalue weighted by molar-refractivity contribution is 7.11. The topological polar surface area (TPSA) is 52.6 Å². The molecule has 0 amide bonds. The summed E-state index contributed by atoms with van der Waals surface area (Å²) in [4.78, 5) is 12.3. The molecule has 1 fully saturated rings. The highest BCUT2D eigenvalue weighted by Gasteiger charge is 2.18. The van der Waals surface area contributed by atoms with Crippen molar-refractivity contribution >= 4 is 23.0 Å². The number of nitrogens with zero attached hydrogens (tertiary/aromatic N) is 3. The van der Waals surface area contributed by atoms with E-state index in [0.29, 0.717) is 12.6 Å². The normalized spacial score (nSPS) is 15.6. The summed E-state index contributed by atoms with van der Waals surface area (Å²) in [6.45, 7) is 3.52. The van der Waals surface area contributed by atoms with Crippen molar-refractivity contribution in [2.24, 2.45) is 4.99 Å². The second-order valence-corrected chi connectivity index (χ2v) is 8.53. The van der Waals surface area contributed by atoms with Gasteiger partial charge < -0.3 is 15.5 Å². The van der Waals surface area contributed by atoms with E-state index in [1.807, 2.05) is 6.20 Å². The molecular formula is C21H31N5S. The third kappa shape index (κ3) is 5.70. The van der Waals surface area contributed by atoms with Crippen LogP contribution in [0.4, 0.5) is 5.69 Å². The minimum Gasteiger partial charge on any atom is -0.372 e. The fourth-order valence-electron chi connectivity index (χ4n) is 3.58. The lowest BCUT2D eigenvalue weighted by molar-refractivity contribution is 0.427. The molecule has 1 aliphatic carbocycles. The Morgan fingerprint density at radius 1 is 1.15 bits per heavy atom. The van der Waals surface area contributed by atoms with Gasteiger partial charge in [0.25, 0.3) is 0 Å². The molecule has 1 aliphatic rings. The number of anilines is 1. The van der Waals surface area contributed by atoms with Gasteiger partial charge >= 0.3 is 0 Å². The summed E-state index contributed by atoms with van der Waals surface area (Å²) in [5.41, 5.74) is 2.57. The van der Waals surface area contributed by atoms with Gasteiger partial charge in [-0.15, -0.1) is 11.3 Å². The van der Waals surface area contributed by atoms with Crippen LogP contribution >= 0.6 is 11.3 Å². The van der Waals surface area contributed by atoms with Crippen molar-refractivity contribution in [2.75, 3.05) is 19.0 Å². The molecule has 0 aliphatic heterocycles. The van der Waals surface area contributed by atoms with Gasteiger partial charge in [0.1, 0.15) is 5.01 Å². The lowest BCUT2D eigenvalue weighted by atomic mass is 9.94. The summed E-state index contributed by atoms with van der Waals surface area (Å²) < 4.78 is 0. The van der Waals surface area contributed by atoms with Crippen LogP contribution in [0.5, 0.6) is 0 Å². The molecule has 146 valence electrons. The first-order chi connectivity index (χ1) is 13.2. The molecule has 0 radical (unpaired) electrons. The molecule has 0 saturated heterocycles. The molecule has 1 aromatic carbocycles. The first kappa shape index (κ1) is 19.7. The molecule has 3 rings (SSSR count). The number of aryl methyl sites for hydroxylation is 1. The number of benzene rings is 1. The molecule has 1 saturated carbocycles. The molecule has 0 bridgehead atoms. The number of guanidine groups is 1. The van der Waals surface area contributed by atoms with Gasteiger partial charge in [0.05, 0.1) is 6.54 Å². The Morgan fingerprint density at radius 3 is 2.48 bits per heavy atom. The first-order valence-electron chi connectivity index (χ1n) is 9.83. The molecule has 0 unspecified atom stereocenters. The van der Waals surface area contributed by atoms with Gasteiger partial charge in [-0.3, -0.25) is 4.99 Å². The van der Waals surface area contributed by atoms with Crippen LogP contribution in [0, 0.1) is 6.92 Å². The third-order valence-electron chi connectivity index (χ3n) is 5.23. The van der Waals surface area contributed by atoms with E-state index in [1.165, 1.54) is 48.2 Å². The van der Waals surface area contributed by atoms with Crippen molar-refractivity contribution in [1.82, 2.24) is 15.6 Å². The van der Waals surface area contributed by atoms with Crippen LogP contribution in [0.3, 0.4) is 0 Å². The van der Waals surface area contributed by atoms with E-state index >= 15 is 0 Å². The molecule has 27 heavy (non-hydrogen) atoms. The Hall–Kier alpha value is -2.08. The number of nitrogens with one attached hydrogen (secondary N) is 2. The number of aliphatic imine (C=N–C) groups is 1. The second kappa shape index (κ2) is 9.74. The zero-order valence-corrected chi connectivity index (χ0v) is 17.5. The Morgan fingerprint density at radius 2 is 1.85 bits per heavy atom. The monoisotopic (exact) mass is 385 g/mol. The standard InChI is InChI=1S/C21H31N5S/c1-16-13-23-20(27-16)15-25-21(22-2)24-14-17-9-11-19(12-10-17)26(3)18-7-5-4-6-8-18/h9-13,18H,4-8,14-15H2,1-3H3,(H2,22,24,25). The number of aromatic nitrogens is 1. The Bertz CT molecular complexity index is 731. The van der Waals surface area contributed by atoms with Crippen LogP contribution in [0.2, 0.25) is 0 Å². The van der Waals surface area contributed by atoms with Crippen molar-refractivity contribution < 1.29 is 0 Å². The zero-order valence-electron chi connectivity index (χ0n) is 16.7. The molecule has 0 spiro atoms. The highest BCUT2D eigenvalue weighted by atomic mass is 32.1. The molecule has 2 aromatic rings. The first-order valence-corrected chi connectivity index (χ1v) is 10.6. The SMILES string of the molecule is CN=C(NCc1ccc(N(C)C2CCCCC2)cc1)NCc1ncc(C)s1. The van der Waals surface area contributed by atoms with Crippen molar-refractivity contribution in [3.63, 3.8) is 0 Å². The van der Waals surface area contributed by atoms with Crippen LogP contribution in [-0.2, 0) is 13.1 Å². The van der Waals surface area contributed by atoms with E-state index in [4.69, 9.17) is 0 Å². The van der Waals surface area contributed by atoms with Gasteiger partial charge in [0, 0.05) is 43.4 Å². The quantitative estimate of drug-likeness (QED) is 0.581. The average molecular weight is 386 g/mol. The van der Waals surface area contributed by atoms with Crippen LogP contribution in [-0.4, -0.2) is 31.1 Å². The van der Waals surface area contributed by atoms with Gasteiger partial charge in [-0.1, -0.05) is 31.4 Å². The Labute approximate surface area is 166 Å². The lowest BCUT2D eigenvalue weighted by Gasteiger charge is -2.33. The van der Waals surface area contributed by atoms with E-state index in [0.717, 1.165) is 17.5 Å². The maximum atomic E-state index is 4.37. The largest absolute Gasteiger partial charge is 0.372 e. The van der Waals surface area contributed by atoms with Crippen LogP contribution < -0.4 is 15.5 Å². The van der Waals surface area contributed by atoms with Crippen LogP contribution in [0.25, 0.3) is 0 Å². The molecule has 6 heteroatoms. The van der Waals surface area contributed by atoms with E-state index in [2.05, 4.69) is 63.7 Å². The molecule has 1 aromatic heterocycles. The van der Waals surface area contributed by atoms with Gasteiger partial charge in [-0.05, 0) is 37.5 Å². The predicted molar refractivity (Wildman–Crippen MR) is 116 cm³/mol. The van der Waals surface area contributed by atoms with Crippen molar-refractivity contribution in [2.45, 2.75) is 58.2 Å². The van der Waals surface area contributed by atoms with E-state index in [9.17, 15) is 0 Å². The maximum absolute atomic E-state index is 4.37.